The fourth-order valence-corrected chi connectivity index (χ4v) is 4.03. The van der Waals surface area contributed by atoms with E-state index >= 15 is 0 Å². The van der Waals surface area contributed by atoms with Crippen LogP contribution in [0.15, 0.2) is 35.4 Å². The van der Waals surface area contributed by atoms with Gasteiger partial charge in [-0.15, -0.1) is 0 Å². The third kappa shape index (κ3) is 6.31. The van der Waals surface area contributed by atoms with Crippen molar-refractivity contribution in [1.82, 2.24) is 10.7 Å². The number of hydrazone groups is 1. The summed E-state index contributed by atoms with van der Waals surface area (Å²) in [6, 6.07) is 7.78. The van der Waals surface area contributed by atoms with Crippen molar-refractivity contribution in [2.75, 3.05) is 20.0 Å². The summed E-state index contributed by atoms with van der Waals surface area (Å²) in [7, 11) is 0. The van der Waals surface area contributed by atoms with Crippen LogP contribution in [0.2, 0.25) is 0 Å². The van der Waals surface area contributed by atoms with E-state index in [9.17, 15) is 9.59 Å². The summed E-state index contributed by atoms with van der Waals surface area (Å²) >= 11 is 2.17. The highest BCUT2D eigenvalue weighted by Crippen LogP contribution is 2.34. The smallest absolute Gasteiger partial charge is 0.262 e. The monoisotopic (exact) mass is 581 g/mol. The molecule has 1 heterocycles. The molecule has 0 aliphatic carbocycles. The largest absolute Gasteiger partial charge is 0.490 e. The molecule has 2 aromatic carbocycles. The number of halogens is 1. The number of nitrogens with zero attached hydrogens (tertiary/aromatic N) is 1. The van der Waals surface area contributed by atoms with Gasteiger partial charge >= 0.3 is 0 Å². The van der Waals surface area contributed by atoms with Gasteiger partial charge in [-0.1, -0.05) is 13.8 Å². The van der Waals surface area contributed by atoms with Gasteiger partial charge in [-0.2, -0.15) is 5.10 Å². The molecular formula is C24H28IN3O6. The lowest BCUT2D eigenvalue weighted by atomic mass is 10.0. The zero-order valence-electron chi connectivity index (χ0n) is 19.5. The van der Waals surface area contributed by atoms with Crippen LogP contribution in [0.25, 0.3) is 0 Å². The quantitative estimate of drug-likeness (QED) is 0.252. The summed E-state index contributed by atoms with van der Waals surface area (Å²) in [4.78, 5) is 25.5. The molecule has 1 unspecified atom stereocenters. The van der Waals surface area contributed by atoms with Crippen LogP contribution in [0.1, 0.15) is 43.6 Å². The molecule has 2 N–H and O–H groups in total. The summed E-state index contributed by atoms with van der Waals surface area (Å²) < 4.78 is 22.8. The Bertz CT molecular complexity index is 1070. The molecule has 2 amide bonds. The predicted molar refractivity (Wildman–Crippen MR) is 136 cm³/mol. The molecule has 10 heteroatoms. The predicted octanol–water partition coefficient (Wildman–Crippen LogP) is 3.72. The van der Waals surface area contributed by atoms with Crippen LogP contribution in [0.4, 0.5) is 0 Å². The van der Waals surface area contributed by atoms with Gasteiger partial charge in [0.1, 0.15) is 6.04 Å². The lowest BCUT2D eigenvalue weighted by Crippen LogP contribution is -2.48. The maximum atomic E-state index is 12.8. The summed E-state index contributed by atoms with van der Waals surface area (Å²) in [5.41, 5.74) is 3.63. The van der Waals surface area contributed by atoms with E-state index in [-0.39, 0.29) is 12.7 Å². The SMILES string of the molecule is CCOc1cc(C=NNC(=O)C(NC(=O)c2ccc3c(c2)OCO3)C(C)C)cc(I)c1OCC. The molecule has 1 aliphatic heterocycles. The molecular weight excluding hydrogens is 553 g/mol. The highest BCUT2D eigenvalue weighted by atomic mass is 127. The molecule has 9 nitrogen and oxygen atoms in total. The minimum atomic E-state index is -0.783. The number of fused-ring (bicyclic) bond motifs is 1. The van der Waals surface area contributed by atoms with Crippen LogP contribution in [0.5, 0.6) is 23.0 Å². The zero-order chi connectivity index (χ0) is 24.7. The van der Waals surface area contributed by atoms with Crippen LogP contribution < -0.4 is 29.7 Å². The van der Waals surface area contributed by atoms with Crippen molar-refractivity contribution < 1.29 is 28.5 Å². The average Bonchev–Trinajstić information content (AvgIpc) is 3.27. The number of carbonyl (C=O) groups is 2. The molecule has 1 atom stereocenters. The van der Waals surface area contributed by atoms with Gasteiger partial charge in [0.25, 0.3) is 11.8 Å². The number of ether oxygens (including phenoxy) is 4. The molecule has 0 fully saturated rings. The molecule has 0 radical (unpaired) electrons. The Labute approximate surface area is 212 Å². The maximum absolute atomic E-state index is 12.8. The number of hydrogen-bond acceptors (Lipinski definition) is 7. The Morgan fingerprint density at radius 1 is 1.12 bits per heavy atom. The molecule has 2 aromatic rings. The van der Waals surface area contributed by atoms with Crippen molar-refractivity contribution in [2.45, 2.75) is 33.7 Å². The second-order valence-electron chi connectivity index (χ2n) is 7.69. The number of hydrogen-bond donors (Lipinski definition) is 2. The van der Waals surface area contributed by atoms with E-state index in [4.69, 9.17) is 18.9 Å². The van der Waals surface area contributed by atoms with Gasteiger partial charge < -0.3 is 24.3 Å². The van der Waals surface area contributed by atoms with E-state index in [0.717, 1.165) is 9.13 Å². The number of rotatable bonds is 10. The first-order valence-electron chi connectivity index (χ1n) is 11.0. The molecule has 34 heavy (non-hydrogen) atoms. The first-order chi connectivity index (χ1) is 16.3. The van der Waals surface area contributed by atoms with E-state index < -0.39 is 17.9 Å². The Balaban J connectivity index is 1.67. The second kappa shape index (κ2) is 11.9. The fourth-order valence-electron chi connectivity index (χ4n) is 3.25. The van der Waals surface area contributed by atoms with E-state index in [1.165, 1.54) is 6.21 Å². The van der Waals surface area contributed by atoms with Gasteiger partial charge in [-0.3, -0.25) is 9.59 Å². The third-order valence-electron chi connectivity index (χ3n) is 4.88. The maximum Gasteiger partial charge on any atom is 0.262 e. The molecule has 0 bridgehead atoms. The topological polar surface area (TPSA) is 107 Å². The highest BCUT2D eigenvalue weighted by Gasteiger charge is 2.25. The number of benzene rings is 2. The van der Waals surface area contributed by atoms with E-state index in [2.05, 4.69) is 38.4 Å². The van der Waals surface area contributed by atoms with Crippen LogP contribution >= 0.6 is 22.6 Å². The highest BCUT2D eigenvalue weighted by molar-refractivity contribution is 14.1. The van der Waals surface area contributed by atoms with Crippen molar-refractivity contribution >= 4 is 40.6 Å². The zero-order valence-corrected chi connectivity index (χ0v) is 21.7. The van der Waals surface area contributed by atoms with Gasteiger partial charge in [0.2, 0.25) is 6.79 Å². The van der Waals surface area contributed by atoms with Gasteiger partial charge in [0.05, 0.1) is 23.0 Å². The lowest BCUT2D eigenvalue weighted by Gasteiger charge is -2.20. The molecule has 0 aromatic heterocycles. The van der Waals surface area contributed by atoms with Crippen molar-refractivity contribution in [3.05, 3.63) is 45.0 Å². The molecule has 3 rings (SSSR count). The van der Waals surface area contributed by atoms with E-state index in [1.807, 2.05) is 33.8 Å². The van der Waals surface area contributed by atoms with Gasteiger partial charge in [0.15, 0.2) is 23.0 Å². The second-order valence-corrected chi connectivity index (χ2v) is 8.86. The van der Waals surface area contributed by atoms with Gasteiger partial charge in [-0.25, -0.2) is 5.43 Å². The van der Waals surface area contributed by atoms with Crippen LogP contribution in [0, 0.1) is 9.49 Å². The fraction of sp³-hybridized carbons (Fsp3) is 0.375. The Morgan fingerprint density at radius 3 is 2.56 bits per heavy atom. The van der Waals surface area contributed by atoms with Crippen molar-refractivity contribution in [3.8, 4) is 23.0 Å². The normalized spacial score (nSPS) is 13.1. The summed E-state index contributed by atoms with van der Waals surface area (Å²) in [6.07, 6.45) is 1.52. The first kappa shape index (κ1) is 25.6. The number of carbonyl (C=O) groups excluding carboxylic acids is 2. The van der Waals surface area contributed by atoms with Crippen molar-refractivity contribution in [1.29, 1.82) is 0 Å². The lowest BCUT2D eigenvalue weighted by molar-refractivity contribution is -0.123. The Hall–Kier alpha value is -3.02. The first-order valence-corrected chi connectivity index (χ1v) is 12.0. The van der Waals surface area contributed by atoms with Gasteiger partial charge in [0, 0.05) is 5.56 Å². The average molecular weight is 581 g/mol. The van der Waals surface area contributed by atoms with Gasteiger partial charge in [-0.05, 0) is 78.3 Å². The standard InChI is InChI=1S/C24H28IN3O6/c1-5-31-20-10-15(9-17(25)22(20)32-6-2)12-26-28-24(30)21(14(3)4)27-23(29)16-7-8-18-19(11-16)34-13-33-18/h7-12,14,21H,5-6,13H2,1-4H3,(H,27,29)(H,28,30). The summed E-state index contributed by atoms with van der Waals surface area (Å²) in [5.74, 6) is 1.39. The molecule has 0 saturated carbocycles. The Morgan fingerprint density at radius 2 is 1.85 bits per heavy atom. The Kier molecular flexibility index (Phi) is 8.97. The molecule has 0 saturated heterocycles. The summed E-state index contributed by atoms with van der Waals surface area (Å²) in [5, 5.41) is 6.85. The molecule has 0 spiro atoms. The van der Waals surface area contributed by atoms with E-state index in [1.54, 1.807) is 24.3 Å². The van der Waals surface area contributed by atoms with Crippen molar-refractivity contribution in [2.24, 2.45) is 11.0 Å². The van der Waals surface area contributed by atoms with Crippen LogP contribution in [-0.4, -0.2) is 44.1 Å². The summed E-state index contributed by atoms with van der Waals surface area (Å²) in [6.45, 7) is 8.63. The van der Waals surface area contributed by atoms with Crippen LogP contribution in [0.3, 0.4) is 0 Å². The van der Waals surface area contributed by atoms with Crippen LogP contribution in [-0.2, 0) is 4.79 Å². The minimum Gasteiger partial charge on any atom is -0.490 e. The molecule has 1 aliphatic rings. The van der Waals surface area contributed by atoms with E-state index in [0.29, 0.717) is 41.8 Å². The molecule has 182 valence electrons. The minimum absolute atomic E-state index is 0.120. The number of amides is 2. The number of nitrogens with one attached hydrogen (secondary N) is 2. The van der Waals surface area contributed by atoms with Crippen molar-refractivity contribution in [3.63, 3.8) is 0 Å². The third-order valence-corrected chi connectivity index (χ3v) is 5.68.